The van der Waals surface area contributed by atoms with E-state index >= 15 is 0 Å². The number of aliphatic hydroxyl groups is 2. The van der Waals surface area contributed by atoms with E-state index in [2.05, 4.69) is 4.74 Å². The van der Waals surface area contributed by atoms with E-state index in [4.69, 9.17) is 0 Å². The van der Waals surface area contributed by atoms with Crippen LogP contribution in [0.25, 0.3) is 0 Å². The first kappa shape index (κ1) is 23.3. The molecule has 0 heterocycles. The van der Waals surface area contributed by atoms with Gasteiger partial charge < -0.3 is 14.9 Å². The van der Waals surface area contributed by atoms with Crippen LogP contribution >= 0.6 is 0 Å². The maximum absolute atomic E-state index is 12.2. The molecule has 0 aliphatic heterocycles. The molecule has 0 aromatic heterocycles. The highest BCUT2D eigenvalue weighted by atomic mass is 16.5. The summed E-state index contributed by atoms with van der Waals surface area (Å²) < 4.78 is 4.60. The summed E-state index contributed by atoms with van der Waals surface area (Å²) in [4.78, 5) is 23.3. The molecule has 0 aromatic rings. The van der Waals surface area contributed by atoms with Gasteiger partial charge in [0, 0.05) is 24.7 Å². The van der Waals surface area contributed by atoms with Gasteiger partial charge in [0.1, 0.15) is 5.78 Å². The van der Waals surface area contributed by atoms with Gasteiger partial charge in [0.25, 0.3) is 0 Å². The normalized spacial score (nSPS) is 25.7. The number of Topliss-reactive ketones (excluding diaryl/α,β-unsaturated/α-hetero) is 1. The van der Waals surface area contributed by atoms with Crippen LogP contribution in [0.2, 0.25) is 0 Å². The highest BCUT2D eigenvalue weighted by Gasteiger charge is 2.39. The Bertz CT molecular complexity index is 559. The number of carbonyl (C=O) groups is 2. The van der Waals surface area contributed by atoms with E-state index in [1.54, 1.807) is 13.0 Å². The number of unbranched alkanes of at least 4 members (excludes halogenated alkanes) is 1. The molecule has 0 amide bonds. The van der Waals surface area contributed by atoms with E-state index in [-0.39, 0.29) is 30.0 Å². The van der Waals surface area contributed by atoms with Crippen molar-refractivity contribution >= 4 is 11.8 Å². The summed E-state index contributed by atoms with van der Waals surface area (Å²) in [5.74, 6) is -0.589. The van der Waals surface area contributed by atoms with Gasteiger partial charge in [0.15, 0.2) is 0 Å². The number of esters is 1. The molecule has 1 unspecified atom stereocenters. The lowest BCUT2D eigenvalue weighted by molar-refractivity contribution is -0.140. The first-order valence-corrected chi connectivity index (χ1v) is 9.80. The Balaban J connectivity index is 2.54. The minimum Gasteiger partial charge on any atom is -0.469 e. The van der Waals surface area contributed by atoms with Crippen LogP contribution in [0.15, 0.2) is 36.5 Å². The number of ether oxygens (including phenoxy) is 1. The SMILES string of the molecule is CC/C=C/C(C)(O)C/C=C/[C@H]1[C@H](O)CC(=O)[C@@H]1C/C=C\CCCC(=O)OC. The van der Waals surface area contributed by atoms with Crippen LogP contribution in [0.3, 0.4) is 0 Å². The molecule has 4 atom stereocenters. The van der Waals surface area contributed by atoms with Gasteiger partial charge in [-0.3, -0.25) is 9.59 Å². The van der Waals surface area contributed by atoms with Crippen molar-refractivity contribution in [1.82, 2.24) is 0 Å². The molecule has 5 nitrogen and oxygen atoms in total. The zero-order chi connectivity index (χ0) is 20.3. The van der Waals surface area contributed by atoms with E-state index in [1.807, 2.05) is 37.3 Å². The summed E-state index contributed by atoms with van der Waals surface area (Å²) >= 11 is 0. The molecule has 1 aliphatic carbocycles. The highest BCUT2D eigenvalue weighted by Crippen LogP contribution is 2.33. The predicted molar refractivity (Wildman–Crippen MR) is 106 cm³/mol. The van der Waals surface area contributed by atoms with Crippen molar-refractivity contribution in [1.29, 1.82) is 0 Å². The number of rotatable bonds is 11. The predicted octanol–water partition coefficient (Wildman–Crippen LogP) is 3.51. The third kappa shape index (κ3) is 8.67. The van der Waals surface area contributed by atoms with Crippen LogP contribution in [-0.4, -0.2) is 40.8 Å². The second-order valence-electron chi connectivity index (χ2n) is 7.40. The van der Waals surface area contributed by atoms with E-state index in [0.29, 0.717) is 25.7 Å². The van der Waals surface area contributed by atoms with Crippen LogP contribution < -0.4 is 0 Å². The van der Waals surface area contributed by atoms with Crippen LogP contribution in [0, 0.1) is 11.8 Å². The Hall–Kier alpha value is -1.72. The lowest BCUT2D eigenvalue weighted by Crippen LogP contribution is -2.21. The van der Waals surface area contributed by atoms with Gasteiger partial charge in [-0.15, -0.1) is 0 Å². The Morgan fingerprint density at radius 3 is 2.70 bits per heavy atom. The molecule has 1 aliphatic rings. The second kappa shape index (κ2) is 11.9. The first-order valence-electron chi connectivity index (χ1n) is 9.80. The zero-order valence-electron chi connectivity index (χ0n) is 16.8. The smallest absolute Gasteiger partial charge is 0.305 e. The fourth-order valence-electron chi connectivity index (χ4n) is 3.26. The van der Waals surface area contributed by atoms with Crippen LogP contribution in [0.5, 0.6) is 0 Å². The van der Waals surface area contributed by atoms with Gasteiger partial charge >= 0.3 is 5.97 Å². The van der Waals surface area contributed by atoms with E-state index in [1.165, 1.54) is 7.11 Å². The van der Waals surface area contributed by atoms with Crippen molar-refractivity contribution in [2.45, 2.75) is 70.5 Å². The van der Waals surface area contributed by atoms with Gasteiger partial charge in [0.2, 0.25) is 0 Å². The van der Waals surface area contributed by atoms with Crippen LogP contribution in [0.1, 0.15) is 58.8 Å². The Morgan fingerprint density at radius 1 is 1.30 bits per heavy atom. The minimum absolute atomic E-state index is 0.0778. The molecule has 0 aromatic carbocycles. The highest BCUT2D eigenvalue weighted by molar-refractivity contribution is 5.84. The van der Waals surface area contributed by atoms with Gasteiger partial charge in [-0.2, -0.15) is 0 Å². The number of aliphatic hydroxyl groups excluding tert-OH is 1. The molecule has 1 rings (SSSR count). The van der Waals surface area contributed by atoms with Gasteiger partial charge in [0.05, 0.1) is 18.8 Å². The molecule has 0 bridgehead atoms. The average Bonchev–Trinajstić information content (AvgIpc) is 2.89. The summed E-state index contributed by atoms with van der Waals surface area (Å²) in [5, 5.41) is 20.5. The molecule has 0 saturated heterocycles. The summed E-state index contributed by atoms with van der Waals surface area (Å²) in [6.07, 6.45) is 14.6. The Kier molecular flexibility index (Phi) is 10.3. The lowest BCUT2D eigenvalue weighted by Gasteiger charge is -2.19. The molecule has 152 valence electrons. The zero-order valence-corrected chi connectivity index (χ0v) is 16.8. The summed E-state index contributed by atoms with van der Waals surface area (Å²) in [6.45, 7) is 3.75. The largest absolute Gasteiger partial charge is 0.469 e. The number of ketones is 1. The van der Waals surface area contributed by atoms with Crippen molar-refractivity contribution in [2.24, 2.45) is 11.8 Å². The summed E-state index contributed by atoms with van der Waals surface area (Å²) in [7, 11) is 1.38. The molecule has 0 spiro atoms. The Labute approximate surface area is 162 Å². The number of allylic oxidation sites excluding steroid dienone is 3. The molecular formula is C22H34O5. The van der Waals surface area contributed by atoms with Crippen LogP contribution in [-0.2, 0) is 14.3 Å². The molecule has 1 saturated carbocycles. The monoisotopic (exact) mass is 378 g/mol. The second-order valence-corrected chi connectivity index (χ2v) is 7.40. The maximum Gasteiger partial charge on any atom is 0.305 e. The van der Waals surface area contributed by atoms with Crippen molar-refractivity contribution < 1.29 is 24.5 Å². The third-order valence-electron chi connectivity index (χ3n) is 4.87. The third-order valence-corrected chi connectivity index (χ3v) is 4.87. The van der Waals surface area contributed by atoms with Gasteiger partial charge in [-0.05, 0) is 39.0 Å². The first-order chi connectivity index (χ1) is 12.8. The molecule has 5 heteroatoms. The maximum atomic E-state index is 12.2. The average molecular weight is 379 g/mol. The number of hydrogen-bond acceptors (Lipinski definition) is 5. The standard InChI is InChI=1S/C22H34O5/c1-4-5-14-22(2,26)15-10-12-18-17(19(23)16-20(18)24)11-8-6-7-9-13-21(25)27-3/h5-6,8,10,12,14,17-18,20,24,26H,4,7,9,11,13,15-16H2,1-3H3/b8-6-,12-10+,14-5+/t17-,18-,20-,22?/m1/s1. The van der Waals surface area contributed by atoms with Gasteiger partial charge in [-0.25, -0.2) is 0 Å². The summed E-state index contributed by atoms with van der Waals surface area (Å²) in [5.41, 5.74) is -0.922. The van der Waals surface area contributed by atoms with E-state index in [9.17, 15) is 19.8 Å². The molecule has 2 N–H and O–H groups in total. The van der Waals surface area contributed by atoms with E-state index < -0.39 is 11.7 Å². The molecular weight excluding hydrogens is 344 g/mol. The Morgan fingerprint density at radius 2 is 2.04 bits per heavy atom. The topological polar surface area (TPSA) is 83.8 Å². The fraction of sp³-hybridized carbons (Fsp3) is 0.636. The molecule has 1 fully saturated rings. The fourth-order valence-corrected chi connectivity index (χ4v) is 3.26. The van der Waals surface area contributed by atoms with Crippen LogP contribution in [0.4, 0.5) is 0 Å². The van der Waals surface area contributed by atoms with Crippen molar-refractivity contribution in [3.63, 3.8) is 0 Å². The van der Waals surface area contributed by atoms with Crippen molar-refractivity contribution in [2.75, 3.05) is 7.11 Å². The van der Waals surface area contributed by atoms with Crippen molar-refractivity contribution in [3.8, 4) is 0 Å². The van der Waals surface area contributed by atoms with Crippen molar-refractivity contribution in [3.05, 3.63) is 36.5 Å². The minimum atomic E-state index is -0.922. The summed E-state index contributed by atoms with van der Waals surface area (Å²) in [6, 6.07) is 0. The quantitative estimate of drug-likeness (QED) is 0.327. The number of hydrogen-bond donors (Lipinski definition) is 2. The van der Waals surface area contributed by atoms with Gasteiger partial charge in [-0.1, -0.05) is 43.4 Å². The molecule has 0 radical (unpaired) electrons. The van der Waals surface area contributed by atoms with E-state index in [0.717, 1.165) is 12.8 Å². The molecule has 27 heavy (non-hydrogen) atoms. The number of carbonyl (C=O) groups excluding carboxylic acids is 2. The lowest BCUT2D eigenvalue weighted by atomic mass is 9.89. The number of methoxy groups -OCH3 is 1.